The zero-order valence-corrected chi connectivity index (χ0v) is 13.6. The van der Waals surface area contributed by atoms with Gasteiger partial charge in [-0.2, -0.15) is 13.2 Å². The Bertz CT molecular complexity index is 721. The number of rotatable bonds is 4. The molecule has 0 radical (unpaired) electrons. The van der Waals surface area contributed by atoms with Gasteiger partial charge in [0.05, 0.1) is 22.3 Å². The van der Waals surface area contributed by atoms with Crippen molar-refractivity contribution in [2.24, 2.45) is 0 Å². The van der Waals surface area contributed by atoms with E-state index in [0.29, 0.717) is 27.3 Å². The first-order valence-electron chi connectivity index (χ1n) is 6.91. The average Bonchev–Trinajstić information content (AvgIpc) is 2.48. The number of alkyl halides is 3. The highest BCUT2D eigenvalue weighted by atomic mass is 35.5. The second-order valence-corrected chi connectivity index (χ2v) is 5.98. The van der Waals surface area contributed by atoms with Gasteiger partial charge in [-0.15, -0.1) is 10.2 Å². The molecule has 0 unspecified atom stereocenters. The monoisotopic (exact) mass is 378 g/mol. The van der Waals surface area contributed by atoms with Gasteiger partial charge in [-0.05, 0) is 6.07 Å². The summed E-state index contributed by atoms with van der Waals surface area (Å²) in [5.41, 5.74) is 1.06. The van der Waals surface area contributed by atoms with Gasteiger partial charge in [-0.3, -0.25) is 0 Å². The molecule has 0 atom stereocenters. The van der Waals surface area contributed by atoms with E-state index in [4.69, 9.17) is 27.9 Å². The van der Waals surface area contributed by atoms with E-state index < -0.39 is 18.9 Å². The molecular weight excluding hydrogens is 368 g/mol. The number of nitrogens with zero attached hydrogens (tertiary/aromatic N) is 4. The minimum Gasteiger partial charge on any atom is -0.365 e. The minimum atomic E-state index is -4.32. The molecule has 24 heavy (non-hydrogen) atoms. The summed E-state index contributed by atoms with van der Waals surface area (Å²) >= 11 is 12.1. The van der Waals surface area contributed by atoms with Crippen LogP contribution in [0.25, 0.3) is 11.3 Å². The van der Waals surface area contributed by atoms with Crippen molar-refractivity contribution in [3.8, 4) is 11.3 Å². The molecule has 1 aromatic heterocycles. The maximum Gasteiger partial charge on any atom is 0.411 e. The first-order valence-corrected chi connectivity index (χ1v) is 7.66. The van der Waals surface area contributed by atoms with Gasteiger partial charge < -0.3 is 9.64 Å². The lowest BCUT2D eigenvalue weighted by Crippen LogP contribution is -2.53. The van der Waals surface area contributed by atoms with Gasteiger partial charge >= 0.3 is 6.18 Å². The SMILES string of the molecule is FC(F)(F)COC1CN(c2ncc(-c3cccc(Cl)c3Cl)nn2)C1. The molecule has 1 saturated heterocycles. The number of benzene rings is 1. The van der Waals surface area contributed by atoms with Crippen LogP contribution in [0.15, 0.2) is 24.4 Å². The van der Waals surface area contributed by atoms with Crippen LogP contribution in [0.3, 0.4) is 0 Å². The number of halogens is 5. The Labute approximate surface area is 145 Å². The van der Waals surface area contributed by atoms with Crippen molar-refractivity contribution >= 4 is 29.2 Å². The topological polar surface area (TPSA) is 51.1 Å². The van der Waals surface area contributed by atoms with Crippen LogP contribution in [0.2, 0.25) is 10.0 Å². The molecule has 2 heterocycles. The third kappa shape index (κ3) is 3.88. The minimum absolute atomic E-state index is 0.287. The first kappa shape index (κ1) is 17.2. The summed E-state index contributed by atoms with van der Waals surface area (Å²) in [5, 5.41) is 8.77. The van der Waals surface area contributed by atoms with E-state index in [2.05, 4.69) is 15.2 Å². The highest BCUT2D eigenvalue weighted by molar-refractivity contribution is 6.43. The number of hydrogen-bond donors (Lipinski definition) is 0. The van der Waals surface area contributed by atoms with Crippen molar-refractivity contribution in [3.63, 3.8) is 0 Å². The lowest BCUT2D eigenvalue weighted by molar-refractivity contribution is -0.187. The molecule has 0 saturated carbocycles. The summed E-state index contributed by atoms with van der Waals surface area (Å²) < 4.78 is 41.0. The quantitative estimate of drug-likeness (QED) is 0.813. The molecule has 1 aliphatic heterocycles. The molecule has 1 fully saturated rings. The second-order valence-electron chi connectivity index (χ2n) is 5.20. The zero-order valence-electron chi connectivity index (χ0n) is 12.1. The molecule has 0 spiro atoms. The Kier molecular flexibility index (Phi) is 4.80. The Morgan fingerprint density at radius 2 is 1.96 bits per heavy atom. The zero-order chi connectivity index (χ0) is 17.3. The van der Waals surface area contributed by atoms with E-state index in [1.54, 1.807) is 23.1 Å². The van der Waals surface area contributed by atoms with Gasteiger partial charge in [0.2, 0.25) is 5.95 Å². The fraction of sp³-hybridized carbons (Fsp3) is 0.357. The van der Waals surface area contributed by atoms with Crippen LogP contribution >= 0.6 is 23.2 Å². The molecule has 5 nitrogen and oxygen atoms in total. The lowest BCUT2D eigenvalue weighted by Gasteiger charge is -2.38. The summed E-state index contributed by atoms with van der Waals surface area (Å²) in [5.74, 6) is 0.323. The van der Waals surface area contributed by atoms with Crippen LogP contribution in [0.5, 0.6) is 0 Å². The van der Waals surface area contributed by atoms with Gasteiger partial charge in [0.25, 0.3) is 0 Å². The highest BCUT2D eigenvalue weighted by Crippen LogP contribution is 2.32. The fourth-order valence-corrected chi connectivity index (χ4v) is 2.56. The van der Waals surface area contributed by atoms with Crippen LogP contribution in [0.4, 0.5) is 19.1 Å². The molecular formula is C14H11Cl2F3N4O. The second kappa shape index (κ2) is 6.70. The smallest absolute Gasteiger partial charge is 0.365 e. The van der Waals surface area contributed by atoms with Gasteiger partial charge in [-0.25, -0.2) is 4.98 Å². The van der Waals surface area contributed by atoms with Crippen molar-refractivity contribution in [3.05, 3.63) is 34.4 Å². The summed E-state index contributed by atoms with van der Waals surface area (Å²) in [6.45, 7) is -0.680. The molecule has 10 heteroatoms. The fourth-order valence-electron chi connectivity index (χ4n) is 2.16. The van der Waals surface area contributed by atoms with Gasteiger partial charge in [0.15, 0.2) is 0 Å². The molecule has 0 N–H and O–H groups in total. The van der Waals surface area contributed by atoms with E-state index in [9.17, 15) is 13.2 Å². The van der Waals surface area contributed by atoms with E-state index in [-0.39, 0.29) is 13.1 Å². The molecule has 0 amide bonds. The van der Waals surface area contributed by atoms with Crippen LogP contribution in [-0.2, 0) is 4.74 Å². The largest absolute Gasteiger partial charge is 0.411 e. The predicted octanol–water partition coefficient (Wildman–Crippen LogP) is 3.61. The number of ether oxygens (including phenoxy) is 1. The number of anilines is 1. The summed E-state index contributed by atoms with van der Waals surface area (Å²) in [6.07, 6.45) is -3.32. The van der Waals surface area contributed by atoms with Crippen molar-refractivity contribution in [2.45, 2.75) is 12.3 Å². The summed E-state index contributed by atoms with van der Waals surface area (Å²) in [6, 6.07) is 5.13. The molecule has 0 bridgehead atoms. The molecule has 3 rings (SSSR count). The molecule has 2 aromatic rings. The van der Waals surface area contributed by atoms with E-state index in [0.717, 1.165) is 0 Å². The molecule has 128 valence electrons. The Morgan fingerprint density at radius 3 is 2.58 bits per heavy atom. The van der Waals surface area contributed by atoms with E-state index >= 15 is 0 Å². The Balaban J connectivity index is 1.61. The highest BCUT2D eigenvalue weighted by Gasteiger charge is 2.35. The third-order valence-electron chi connectivity index (χ3n) is 3.39. The standard InChI is InChI=1S/C14H11Cl2F3N4O/c15-10-3-1-2-9(12(10)16)11-4-20-13(22-21-11)23-5-8(6-23)24-7-14(17,18)19/h1-4,8H,5-7H2. The van der Waals surface area contributed by atoms with Crippen LogP contribution in [-0.4, -0.2) is 47.2 Å². The average molecular weight is 379 g/mol. The molecule has 1 aliphatic rings. The van der Waals surface area contributed by atoms with Crippen LogP contribution < -0.4 is 4.90 Å². The number of hydrogen-bond acceptors (Lipinski definition) is 5. The molecule has 0 aliphatic carbocycles. The maximum absolute atomic E-state index is 12.1. The summed E-state index contributed by atoms with van der Waals surface area (Å²) in [7, 11) is 0. The molecule has 1 aromatic carbocycles. The lowest BCUT2D eigenvalue weighted by atomic mass is 10.1. The maximum atomic E-state index is 12.1. The normalized spacial score (nSPS) is 15.5. The number of aromatic nitrogens is 3. The van der Waals surface area contributed by atoms with E-state index in [1.165, 1.54) is 6.20 Å². The Hall–Kier alpha value is -1.64. The van der Waals surface area contributed by atoms with Crippen LogP contribution in [0, 0.1) is 0 Å². The van der Waals surface area contributed by atoms with Crippen molar-refractivity contribution in [1.29, 1.82) is 0 Å². The van der Waals surface area contributed by atoms with Crippen LogP contribution in [0.1, 0.15) is 0 Å². The summed E-state index contributed by atoms with van der Waals surface area (Å²) in [4.78, 5) is 5.84. The van der Waals surface area contributed by atoms with Crippen molar-refractivity contribution in [2.75, 3.05) is 24.6 Å². The first-order chi connectivity index (χ1) is 11.3. The third-order valence-corrected chi connectivity index (χ3v) is 4.21. The van der Waals surface area contributed by atoms with Gasteiger partial charge in [-0.1, -0.05) is 35.3 Å². The van der Waals surface area contributed by atoms with Gasteiger partial charge in [0, 0.05) is 18.7 Å². The van der Waals surface area contributed by atoms with Gasteiger partial charge in [0.1, 0.15) is 12.3 Å². The van der Waals surface area contributed by atoms with Crippen molar-refractivity contribution in [1.82, 2.24) is 15.2 Å². The van der Waals surface area contributed by atoms with Crippen molar-refractivity contribution < 1.29 is 17.9 Å². The Morgan fingerprint density at radius 1 is 1.21 bits per heavy atom. The van der Waals surface area contributed by atoms with E-state index in [1.807, 2.05) is 0 Å². The predicted molar refractivity (Wildman–Crippen MR) is 83.3 cm³/mol.